The van der Waals surface area contributed by atoms with E-state index in [-0.39, 0.29) is 18.3 Å². The quantitative estimate of drug-likeness (QED) is 0.539. The number of likely N-dealkylation sites (N-methyl/N-ethyl adjacent to an activating group) is 1. The van der Waals surface area contributed by atoms with Gasteiger partial charge in [-0.3, -0.25) is 9.79 Å². The lowest BCUT2D eigenvalue weighted by Gasteiger charge is -2.14. The highest BCUT2D eigenvalue weighted by Crippen LogP contribution is 2.13. The standard InChI is InChI=1S/C21H27FN4O2/c1-23-21(24-12-11-16-7-9-18(22)10-8-16)25-14-17-5-4-6-19(13-17)28-15-20(27)26(2)3/h4-10,13H,11-12,14-15H2,1-3H3,(H2,23,24,25). The van der Waals surface area contributed by atoms with Crippen molar-refractivity contribution in [3.63, 3.8) is 0 Å². The number of halogens is 1. The zero-order valence-electron chi connectivity index (χ0n) is 16.5. The Morgan fingerprint density at radius 3 is 2.54 bits per heavy atom. The minimum absolute atomic E-state index is 0.0104. The predicted molar refractivity (Wildman–Crippen MR) is 109 cm³/mol. The third-order valence-electron chi connectivity index (χ3n) is 4.06. The number of benzene rings is 2. The number of carbonyl (C=O) groups excluding carboxylic acids is 1. The van der Waals surface area contributed by atoms with Gasteiger partial charge in [0.15, 0.2) is 12.6 Å². The van der Waals surface area contributed by atoms with Gasteiger partial charge in [-0.2, -0.15) is 0 Å². The molecule has 150 valence electrons. The average Bonchev–Trinajstić information content (AvgIpc) is 2.70. The van der Waals surface area contributed by atoms with Crippen LogP contribution in [0.1, 0.15) is 11.1 Å². The number of guanidine groups is 1. The van der Waals surface area contributed by atoms with Crippen molar-refractivity contribution >= 4 is 11.9 Å². The fraction of sp³-hybridized carbons (Fsp3) is 0.333. The first kappa shape index (κ1) is 21.2. The number of rotatable bonds is 8. The molecule has 0 atom stereocenters. The van der Waals surface area contributed by atoms with E-state index in [2.05, 4.69) is 15.6 Å². The molecule has 2 rings (SSSR count). The van der Waals surface area contributed by atoms with Crippen molar-refractivity contribution in [2.45, 2.75) is 13.0 Å². The average molecular weight is 386 g/mol. The summed E-state index contributed by atoms with van der Waals surface area (Å²) in [7, 11) is 5.10. The first-order valence-corrected chi connectivity index (χ1v) is 9.09. The molecule has 0 fully saturated rings. The second kappa shape index (κ2) is 10.9. The highest BCUT2D eigenvalue weighted by Gasteiger charge is 2.06. The van der Waals surface area contributed by atoms with Gasteiger partial charge in [-0.15, -0.1) is 0 Å². The fourth-order valence-electron chi connectivity index (χ4n) is 2.40. The van der Waals surface area contributed by atoms with Gasteiger partial charge < -0.3 is 20.3 Å². The molecule has 7 heteroatoms. The summed E-state index contributed by atoms with van der Waals surface area (Å²) in [5.74, 6) is 1.01. The summed E-state index contributed by atoms with van der Waals surface area (Å²) < 4.78 is 18.5. The molecule has 0 aliphatic heterocycles. The van der Waals surface area contributed by atoms with E-state index in [1.54, 1.807) is 33.3 Å². The van der Waals surface area contributed by atoms with E-state index in [1.807, 2.05) is 24.3 Å². The van der Waals surface area contributed by atoms with Gasteiger partial charge in [-0.05, 0) is 41.8 Å². The van der Waals surface area contributed by atoms with E-state index in [4.69, 9.17) is 4.74 Å². The Labute approximate surface area is 165 Å². The predicted octanol–water partition coefficient (Wildman–Crippen LogP) is 2.20. The number of hydrogen-bond donors (Lipinski definition) is 2. The summed E-state index contributed by atoms with van der Waals surface area (Å²) in [5.41, 5.74) is 2.07. The molecule has 0 saturated carbocycles. The molecule has 0 aromatic heterocycles. The lowest BCUT2D eigenvalue weighted by atomic mass is 10.1. The van der Waals surface area contributed by atoms with Crippen LogP contribution in [0.2, 0.25) is 0 Å². The smallest absolute Gasteiger partial charge is 0.259 e. The maximum atomic E-state index is 12.9. The molecule has 2 aromatic rings. The van der Waals surface area contributed by atoms with Gasteiger partial charge in [0.05, 0.1) is 0 Å². The maximum absolute atomic E-state index is 12.9. The molecule has 0 aliphatic carbocycles. The van der Waals surface area contributed by atoms with Crippen molar-refractivity contribution in [1.82, 2.24) is 15.5 Å². The van der Waals surface area contributed by atoms with Crippen molar-refractivity contribution in [2.24, 2.45) is 4.99 Å². The number of hydrogen-bond acceptors (Lipinski definition) is 3. The van der Waals surface area contributed by atoms with Gasteiger partial charge in [0.2, 0.25) is 0 Å². The Balaban J connectivity index is 1.78. The second-order valence-corrected chi connectivity index (χ2v) is 6.45. The Morgan fingerprint density at radius 2 is 1.86 bits per heavy atom. The van der Waals surface area contributed by atoms with Crippen LogP contribution in [0.3, 0.4) is 0 Å². The molecule has 0 heterocycles. The van der Waals surface area contributed by atoms with Crippen LogP contribution >= 0.6 is 0 Å². The van der Waals surface area contributed by atoms with E-state index in [9.17, 15) is 9.18 Å². The van der Waals surface area contributed by atoms with E-state index < -0.39 is 0 Å². The van der Waals surface area contributed by atoms with E-state index in [1.165, 1.54) is 17.0 Å². The first-order valence-electron chi connectivity index (χ1n) is 9.09. The van der Waals surface area contributed by atoms with Gasteiger partial charge in [0.1, 0.15) is 11.6 Å². The number of nitrogens with zero attached hydrogens (tertiary/aromatic N) is 2. The number of aliphatic imine (C=N–C) groups is 1. The Kier molecular flexibility index (Phi) is 8.27. The third kappa shape index (κ3) is 7.26. The minimum Gasteiger partial charge on any atom is -0.484 e. The zero-order chi connectivity index (χ0) is 20.4. The minimum atomic E-state index is -0.230. The number of carbonyl (C=O) groups is 1. The van der Waals surface area contributed by atoms with Crippen molar-refractivity contribution in [3.05, 3.63) is 65.5 Å². The highest BCUT2D eigenvalue weighted by atomic mass is 19.1. The molecule has 0 spiro atoms. The number of amides is 1. The molecule has 0 radical (unpaired) electrons. The Morgan fingerprint density at radius 1 is 1.11 bits per heavy atom. The van der Waals surface area contributed by atoms with Crippen LogP contribution < -0.4 is 15.4 Å². The molecule has 28 heavy (non-hydrogen) atoms. The summed E-state index contributed by atoms with van der Waals surface area (Å²) in [4.78, 5) is 17.3. The molecule has 2 aromatic carbocycles. The van der Waals surface area contributed by atoms with Crippen LogP contribution in [0.25, 0.3) is 0 Å². The Hall–Kier alpha value is -3.09. The normalized spacial score (nSPS) is 11.1. The number of nitrogens with one attached hydrogen (secondary N) is 2. The van der Waals surface area contributed by atoms with Crippen LogP contribution in [0.15, 0.2) is 53.5 Å². The van der Waals surface area contributed by atoms with E-state index in [0.29, 0.717) is 24.8 Å². The summed E-state index contributed by atoms with van der Waals surface area (Å²) >= 11 is 0. The lowest BCUT2D eigenvalue weighted by Crippen LogP contribution is -2.37. The summed E-state index contributed by atoms with van der Waals surface area (Å²) in [5, 5.41) is 6.47. The van der Waals surface area contributed by atoms with Gasteiger partial charge in [0, 0.05) is 34.2 Å². The largest absolute Gasteiger partial charge is 0.484 e. The summed E-state index contributed by atoms with van der Waals surface area (Å²) in [6.45, 7) is 1.26. The molecule has 6 nitrogen and oxygen atoms in total. The van der Waals surface area contributed by atoms with Crippen LogP contribution in [0.4, 0.5) is 4.39 Å². The van der Waals surface area contributed by atoms with Crippen molar-refractivity contribution in [1.29, 1.82) is 0 Å². The molecular formula is C21H27FN4O2. The van der Waals surface area contributed by atoms with Crippen molar-refractivity contribution in [2.75, 3.05) is 34.3 Å². The first-order chi connectivity index (χ1) is 13.5. The molecule has 2 N–H and O–H groups in total. The zero-order valence-corrected chi connectivity index (χ0v) is 16.5. The lowest BCUT2D eigenvalue weighted by molar-refractivity contribution is -0.130. The van der Waals surface area contributed by atoms with Gasteiger partial charge >= 0.3 is 0 Å². The summed E-state index contributed by atoms with van der Waals surface area (Å²) in [6.07, 6.45) is 0.768. The van der Waals surface area contributed by atoms with Gasteiger partial charge in [-0.1, -0.05) is 24.3 Å². The number of ether oxygens (including phenoxy) is 1. The fourth-order valence-corrected chi connectivity index (χ4v) is 2.40. The van der Waals surface area contributed by atoms with Crippen LogP contribution in [0.5, 0.6) is 5.75 Å². The summed E-state index contributed by atoms with van der Waals surface area (Å²) in [6, 6.07) is 14.0. The molecule has 0 saturated heterocycles. The van der Waals surface area contributed by atoms with Crippen LogP contribution in [0, 0.1) is 5.82 Å². The van der Waals surface area contributed by atoms with Crippen molar-refractivity contribution in [3.8, 4) is 5.75 Å². The van der Waals surface area contributed by atoms with E-state index >= 15 is 0 Å². The highest BCUT2D eigenvalue weighted by molar-refractivity contribution is 5.79. The van der Waals surface area contributed by atoms with Gasteiger partial charge in [0.25, 0.3) is 5.91 Å². The molecule has 0 unspecified atom stereocenters. The van der Waals surface area contributed by atoms with Gasteiger partial charge in [-0.25, -0.2) is 4.39 Å². The van der Waals surface area contributed by atoms with Crippen LogP contribution in [-0.4, -0.2) is 51.1 Å². The van der Waals surface area contributed by atoms with E-state index in [0.717, 1.165) is 17.5 Å². The Bertz CT molecular complexity index is 791. The second-order valence-electron chi connectivity index (χ2n) is 6.45. The molecule has 1 amide bonds. The third-order valence-corrected chi connectivity index (χ3v) is 4.06. The van der Waals surface area contributed by atoms with Crippen molar-refractivity contribution < 1.29 is 13.9 Å². The molecule has 0 bridgehead atoms. The monoisotopic (exact) mass is 386 g/mol. The topological polar surface area (TPSA) is 66.0 Å². The molecular weight excluding hydrogens is 359 g/mol. The van der Waals surface area contributed by atoms with Crippen LogP contribution in [-0.2, 0) is 17.8 Å². The SMILES string of the molecule is CN=C(NCCc1ccc(F)cc1)NCc1cccc(OCC(=O)N(C)C)c1. The molecule has 0 aliphatic rings. The maximum Gasteiger partial charge on any atom is 0.259 e.